The molecule has 3 rings (SSSR count). The first-order chi connectivity index (χ1) is 14.0. The minimum absolute atomic E-state index is 0.271. The van der Waals surface area contributed by atoms with E-state index in [1.54, 1.807) is 6.07 Å². The van der Waals surface area contributed by atoms with E-state index in [4.69, 9.17) is 21.1 Å². The van der Waals surface area contributed by atoms with Crippen LogP contribution in [0.3, 0.4) is 0 Å². The molecule has 0 aliphatic carbocycles. The SMILES string of the molecule is CCOc1cc(CNc2cc(Cl)ccc2C)cc(I)c1OCc1cccc(F)c1. The molecule has 29 heavy (non-hydrogen) atoms. The van der Waals surface area contributed by atoms with Crippen LogP contribution in [0, 0.1) is 16.3 Å². The Morgan fingerprint density at radius 1 is 1.03 bits per heavy atom. The first kappa shape index (κ1) is 21.7. The molecule has 152 valence electrons. The summed E-state index contributed by atoms with van der Waals surface area (Å²) in [6.45, 7) is 5.39. The molecule has 0 amide bonds. The van der Waals surface area contributed by atoms with Gasteiger partial charge in [0, 0.05) is 17.3 Å². The fraction of sp³-hybridized carbons (Fsp3) is 0.217. The van der Waals surface area contributed by atoms with Gasteiger partial charge in [0.05, 0.1) is 10.2 Å². The minimum Gasteiger partial charge on any atom is -0.490 e. The molecule has 0 fully saturated rings. The fourth-order valence-electron chi connectivity index (χ4n) is 2.89. The molecule has 0 atom stereocenters. The highest BCUT2D eigenvalue weighted by molar-refractivity contribution is 14.1. The Balaban J connectivity index is 1.77. The zero-order chi connectivity index (χ0) is 20.8. The van der Waals surface area contributed by atoms with Crippen LogP contribution in [-0.4, -0.2) is 6.61 Å². The summed E-state index contributed by atoms with van der Waals surface area (Å²) in [5.74, 6) is 1.07. The van der Waals surface area contributed by atoms with Crippen LogP contribution < -0.4 is 14.8 Å². The van der Waals surface area contributed by atoms with E-state index >= 15 is 0 Å². The lowest BCUT2D eigenvalue weighted by molar-refractivity contribution is 0.267. The van der Waals surface area contributed by atoms with Gasteiger partial charge in [0.2, 0.25) is 0 Å². The van der Waals surface area contributed by atoms with Gasteiger partial charge < -0.3 is 14.8 Å². The zero-order valence-electron chi connectivity index (χ0n) is 16.3. The molecule has 0 aromatic heterocycles. The van der Waals surface area contributed by atoms with Gasteiger partial charge in [0.15, 0.2) is 11.5 Å². The molecular formula is C23H22ClFINO2. The van der Waals surface area contributed by atoms with Crippen molar-refractivity contribution < 1.29 is 13.9 Å². The summed E-state index contributed by atoms with van der Waals surface area (Å²) in [6, 6.07) is 16.2. The Morgan fingerprint density at radius 2 is 1.86 bits per heavy atom. The lowest BCUT2D eigenvalue weighted by Gasteiger charge is -2.17. The zero-order valence-corrected chi connectivity index (χ0v) is 19.2. The number of rotatable bonds is 8. The molecule has 0 bridgehead atoms. The number of ether oxygens (including phenoxy) is 2. The Labute approximate surface area is 189 Å². The quantitative estimate of drug-likeness (QED) is 0.322. The largest absolute Gasteiger partial charge is 0.490 e. The maximum Gasteiger partial charge on any atom is 0.174 e. The van der Waals surface area contributed by atoms with Gasteiger partial charge in [0.1, 0.15) is 12.4 Å². The summed E-state index contributed by atoms with van der Waals surface area (Å²) in [4.78, 5) is 0. The van der Waals surface area contributed by atoms with Gasteiger partial charge in [-0.15, -0.1) is 0 Å². The Morgan fingerprint density at radius 3 is 2.62 bits per heavy atom. The van der Waals surface area contributed by atoms with Crippen molar-refractivity contribution in [2.75, 3.05) is 11.9 Å². The second-order valence-electron chi connectivity index (χ2n) is 6.57. The summed E-state index contributed by atoms with van der Waals surface area (Å²) < 4.78 is 26.1. The Hall–Kier alpha value is -1.99. The third kappa shape index (κ3) is 6.00. The lowest BCUT2D eigenvalue weighted by atomic mass is 10.1. The number of benzene rings is 3. The Bertz CT molecular complexity index is 997. The van der Waals surface area contributed by atoms with Crippen LogP contribution in [-0.2, 0) is 13.2 Å². The van der Waals surface area contributed by atoms with Crippen molar-refractivity contribution in [1.29, 1.82) is 0 Å². The van der Waals surface area contributed by atoms with Crippen LogP contribution in [0.2, 0.25) is 5.02 Å². The highest BCUT2D eigenvalue weighted by Gasteiger charge is 2.13. The smallest absolute Gasteiger partial charge is 0.174 e. The molecule has 0 saturated heterocycles. The van der Waals surface area contributed by atoms with E-state index in [1.165, 1.54) is 12.1 Å². The first-order valence-corrected chi connectivity index (χ1v) is 10.7. The van der Waals surface area contributed by atoms with Crippen molar-refractivity contribution in [2.45, 2.75) is 27.0 Å². The van der Waals surface area contributed by atoms with E-state index < -0.39 is 0 Å². The minimum atomic E-state index is -0.274. The normalized spacial score (nSPS) is 10.7. The number of hydrogen-bond acceptors (Lipinski definition) is 3. The van der Waals surface area contributed by atoms with Crippen molar-refractivity contribution in [2.24, 2.45) is 0 Å². The standard InChI is InChI=1S/C23H22ClFINO2/c1-3-28-22-11-17(13-27-21-12-18(24)8-7-15(21)2)10-20(26)23(22)29-14-16-5-4-6-19(25)9-16/h4-12,27H,3,13-14H2,1-2H3. The van der Waals surface area contributed by atoms with Crippen molar-refractivity contribution in [1.82, 2.24) is 0 Å². The van der Waals surface area contributed by atoms with Crippen LogP contribution in [0.15, 0.2) is 54.6 Å². The van der Waals surface area contributed by atoms with E-state index in [0.29, 0.717) is 29.7 Å². The number of aryl methyl sites for hydroxylation is 1. The topological polar surface area (TPSA) is 30.5 Å². The van der Waals surface area contributed by atoms with E-state index in [0.717, 1.165) is 25.9 Å². The molecule has 0 saturated carbocycles. The predicted octanol–water partition coefficient (Wildman–Crippen LogP) is 6.98. The molecule has 1 N–H and O–H groups in total. The number of hydrogen-bond donors (Lipinski definition) is 1. The molecule has 0 heterocycles. The van der Waals surface area contributed by atoms with E-state index in [1.807, 2.05) is 44.2 Å². The van der Waals surface area contributed by atoms with E-state index in [2.05, 4.69) is 34.0 Å². The summed E-state index contributed by atoms with van der Waals surface area (Å²) in [5, 5.41) is 4.12. The summed E-state index contributed by atoms with van der Waals surface area (Å²) in [7, 11) is 0. The van der Waals surface area contributed by atoms with Crippen molar-refractivity contribution in [3.63, 3.8) is 0 Å². The molecular weight excluding hydrogens is 504 g/mol. The molecule has 0 unspecified atom stereocenters. The van der Waals surface area contributed by atoms with Gasteiger partial charge in [-0.1, -0.05) is 29.8 Å². The predicted molar refractivity (Wildman–Crippen MR) is 125 cm³/mol. The molecule has 0 spiro atoms. The van der Waals surface area contributed by atoms with E-state index in [-0.39, 0.29) is 12.4 Å². The van der Waals surface area contributed by atoms with Crippen LogP contribution in [0.25, 0.3) is 0 Å². The van der Waals surface area contributed by atoms with Crippen LogP contribution in [0.4, 0.5) is 10.1 Å². The molecule has 6 heteroatoms. The van der Waals surface area contributed by atoms with Crippen molar-refractivity contribution >= 4 is 39.9 Å². The summed E-state index contributed by atoms with van der Waals surface area (Å²) in [6.07, 6.45) is 0. The van der Waals surface area contributed by atoms with Gasteiger partial charge >= 0.3 is 0 Å². The maximum atomic E-state index is 13.4. The van der Waals surface area contributed by atoms with Gasteiger partial charge in [-0.3, -0.25) is 0 Å². The first-order valence-electron chi connectivity index (χ1n) is 9.28. The molecule has 3 aromatic rings. The van der Waals surface area contributed by atoms with Gasteiger partial charge in [-0.2, -0.15) is 0 Å². The monoisotopic (exact) mass is 525 g/mol. The van der Waals surface area contributed by atoms with Crippen LogP contribution in [0.5, 0.6) is 11.5 Å². The Kier molecular flexibility index (Phi) is 7.61. The molecule has 3 nitrogen and oxygen atoms in total. The molecule has 0 aliphatic heterocycles. The number of anilines is 1. The van der Waals surface area contributed by atoms with Crippen LogP contribution in [0.1, 0.15) is 23.6 Å². The molecule has 0 aliphatic rings. The van der Waals surface area contributed by atoms with Gasteiger partial charge in [0.25, 0.3) is 0 Å². The summed E-state index contributed by atoms with van der Waals surface area (Å²) in [5.41, 5.74) is 3.96. The van der Waals surface area contributed by atoms with Gasteiger partial charge in [-0.25, -0.2) is 4.39 Å². The number of halogens is 3. The van der Waals surface area contributed by atoms with Gasteiger partial charge in [-0.05, 0) is 89.5 Å². The summed E-state index contributed by atoms with van der Waals surface area (Å²) >= 11 is 8.34. The average Bonchev–Trinajstić information content (AvgIpc) is 2.68. The highest BCUT2D eigenvalue weighted by atomic mass is 127. The third-order valence-electron chi connectivity index (χ3n) is 4.32. The van der Waals surface area contributed by atoms with Crippen LogP contribution >= 0.6 is 34.2 Å². The second kappa shape index (κ2) is 10.2. The third-order valence-corrected chi connectivity index (χ3v) is 5.36. The van der Waals surface area contributed by atoms with Crippen molar-refractivity contribution in [3.8, 4) is 11.5 Å². The fourth-order valence-corrected chi connectivity index (χ4v) is 3.88. The highest BCUT2D eigenvalue weighted by Crippen LogP contribution is 2.35. The van der Waals surface area contributed by atoms with Crippen molar-refractivity contribution in [3.05, 3.63) is 85.7 Å². The number of nitrogens with one attached hydrogen (secondary N) is 1. The molecule has 0 radical (unpaired) electrons. The van der Waals surface area contributed by atoms with E-state index in [9.17, 15) is 4.39 Å². The molecule has 3 aromatic carbocycles. The maximum absolute atomic E-state index is 13.4. The lowest BCUT2D eigenvalue weighted by Crippen LogP contribution is -2.05. The second-order valence-corrected chi connectivity index (χ2v) is 8.17. The average molecular weight is 526 g/mol.